The van der Waals surface area contributed by atoms with Crippen molar-refractivity contribution in [3.63, 3.8) is 0 Å². The molecule has 1 aromatic carbocycles. The predicted molar refractivity (Wildman–Crippen MR) is 64.9 cm³/mol. The van der Waals surface area contributed by atoms with Gasteiger partial charge in [0, 0.05) is 25.1 Å². The summed E-state index contributed by atoms with van der Waals surface area (Å²) in [5.41, 5.74) is -0.0609. The van der Waals surface area contributed by atoms with Crippen LogP contribution >= 0.6 is 0 Å². The van der Waals surface area contributed by atoms with E-state index in [1.54, 1.807) is 0 Å². The Kier molecular flexibility index (Phi) is 5.85. The topological polar surface area (TPSA) is 98.7 Å². The molecule has 2 amide bonds. The molecule has 110 valence electrons. The summed E-state index contributed by atoms with van der Waals surface area (Å²) in [7, 11) is 0. The van der Waals surface area contributed by atoms with E-state index in [9.17, 15) is 18.4 Å². The molecule has 0 spiro atoms. The summed E-state index contributed by atoms with van der Waals surface area (Å²) < 4.78 is 26.2. The van der Waals surface area contributed by atoms with E-state index in [2.05, 4.69) is 10.6 Å². The molecule has 0 saturated carbocycles. The number of carboxylic acid groups (broad SMARTS) is 1. The van der Waals surface area contributed by atoms with Gasteiger partial charge in [-0.2, -0.15) is 0 Å². The van der Waals surface area contributed by atoms with Crippen molar-refractivity contribution in [3.05, 3.63) is 35.4 Å². The van der Waals surface area contributed by atoms with Crippen LogP contribution in [-0.2, 0) is 11.3 Å². The smallest absolute Gasteiger partial charge is 0.326 e. The van der Waals surface area contributed by atoms with Crippen molar-refractivity contribution in [1.82, 2.24) is 10.6 Å². The van der Waals surface area contributed by atoms with Crippen molar-refractivity contribution in [2.45, 2.75) is 19.0 Å². The van der Waals surface area contributed by atoms with Gasteiger partial charge in [0.15, 0.2) is 0 Å². The molecule has 6 nitrogen and oxygen atoms in total. The van der Waals surface area contributed by atoms with Crippen LogP contribution in [0.1, 0.15) is 12.0 Å². The van der Waals surface area contributed by atoms with E-state index in [1.165, 1.54) is 0 Å². The van der Waals surface area contributed by atoms with Gasteiger partial charge in [0.2, 0.25) is 0 Å². The fraction of sp³-hybridized carbons (Fsp3) is 0.333. The summed E-state index contributed by atoms with van der Waals surface area (Å²) in [6.07, 6.45) is -0.156. The number of carbonyl (C=O) groups is 2. The Hall–Kier alpha value is -2.22. The van der Waals surface area contributed by atoms with Crippen molar-refractivity contribution < 1.29 is 28.6 Å². The average Bonchev–Trinajstić information content (AvgIpc) is 2.39. The monoisotopic (exact) mass is 288 g/mol. The molecule has 1 unspecified atom stereocenters. The zero-order valence-corrected chi connectivity index (χ0v) is 10.4. The van der Waals surface area contributed by atoms with E-state index in [-0.39, 0.29) is 18.5 Å². The molecule has 0 aliphatic rings. The van der Waals surface area contributed by atoms with Gasteiger partial charge in [0.05, 0.1) is 0 Å². The Labute approximate surface area is 113 Å². The number of rotatable bonds is 6. The zero-order valence-electron chi connectivity index (χ0n) is 10.4. The number of nitrogens with one attached hydrogen (secondary N) is 2. The number of aliphatic hydroxyl groups is 1. The number of urea groups is 1. The molecule has 1 rings (SSSR count). The van der Waals surface area contributed by atoms with Crippen LogP contribution in [0.5, 0.6) is 0 Å². The molecule has 0 heterocycles. The Morgan fingerprint density at radius 2 is 2.00 bits per heavy atom. The molecule has 8 heteroatoms. The normalized spacial score (nSPS) is 11.8. The highest BCUT2D eigenvalue weighted by Crippen LogP contribution is 2.09. The molecule has 0 aromatic heterocycles. The van der Waals surface area contributed by atoms with Crippen molar-refractivity contribution in [2.75, 3.05) is 6.61 Å². The Morgan fingerprint density at radius 3 is 2.60 bits per heavy atom. The van der Waals surface area contributed by atoms with E-state index in [0.717, 1.165) is 18.2 Å². The standard InChI is InChI=1S/C12H14F2N2O4/c13-8-1-2-9(14)7(5-8)6-15-12(20)16-10(3-4-17)11(18)19/h1-2,5,10,17H,3-4,6H2,(H,18,19)(H2,15,16,20). The minimum Gasteiger partial charge on any atom is -0.480 e. The van der Waals surface area contributed by atoms with Gasteiger partial charge >= 0.3 is 12.0 Å². The third kappa shape index (κ3) is 4.81. The lowest BCUT2D eigenvalue weighted by Crippen LogP contribution is -2.46. The first-order valence-corrected chi connectivity index (χ1v) is 5.76. The molecule has 1 atom stereocenters. The van der Waals surface area contributed by atoms with Gasteiger partial charge in [0.1, 0.15) is 17.7 Å². The number of hydrogen-bond donors (Lipinski definition) is 4. The summed E-state index contributed by atoms with van der Waals surface area (Å²) in [5, 5.41) is 21.7. The number of aliphatic carboxylic acids is 1. The first-order valence-electron chi connectivity index (χ1n) is 5.76. The van der Waals surface area contributed by atoms with Crippen LogP contribution < -0.4 is 10.6 Å². The fourth-order valence-corrected chi connectivity index (χ4v) is 1.45. The summed E-state index contributed by atoms with van der Waals surface area (Å²) in [6, 6.07) is 0.696. The number of benzene rings is 1. The molecule has 4 N–H and O–H groups in total. The molecule has 0 aliphatic heterocycles. The number of aliphatic hydroxyl groups excluding tert-OH is 1. The van der Waals surface area contributed by atoms with E-state index in [4.69, 9.17) is 10.2 Å². The van der Waals surface area contributed by atoms with Gasteiger partial charge in [-0.3, -0.25) is 0 Å². The Bertz CT molecular complexity index is 496. The highest BCUT2D eigenvalue weighted by atomic mass is 19.1. The number of amides is 2. The first-order chi connectivity index (χ1) is 9.43. The van der Waals surface area contributed by atoms with Crippen LogP contribution in [0.2, 0.25) is 0 Å². The van der Waals surface area contributed by atoms with Crippen molar-refractivity contribution >= 4 is 12.0 Å². The van der Waals surface area contributed by atoms with Gasteiger partial charge in [-0.05, 0) is 18.2 Å². The minimum absolute atomic E-state index is 0.0609. The summed E-state index contributed by atoms with van der Waals surface area (Å²) >= 11 is 0. The molecule has 0 fully saturated rings. The van der Waals surface area contributed by atoms with Crippen molar-refractivity contribution in [2.24, 2.45) is 0 Å². The largest absolute Gasteiger partial charge is 0.480 e. The molecule has 1 aromatic rings. The molecule has 0 radical (unpaired) electrons. The first kappa shape index (κ1) is 15.8. The summed E-state index contributed by atoms with van der Waals surface area (Å²) in [4.78, 5) is 22.2. The predicted octanol–water partition coefficient (Wildman–Crippen LogP) is 0.600. The average molecular weight is 288 g/mol. The fourth-order valence-electron chi connectivity index (χ4n) is 1.45. The maximum Gasteiger partial charge on any atom is 0.326 e. The molecule has 20 heavy (non-hydrogen) atoms. The second kappa shape index (κ2) is 7.39. The second-order valence-electron chi connectivity index (χ2n) is 3.97. The van der Waals surface area contributed by atoms with Gasteiger partial charge in [0.25, 0.3) is 0 Å². The van der Waals surface area contributed by atoms with E-state index < -0.39 is 36.3 Å². The highest BCUT2D eigenvalue weighted by Gasteiger charge is 2.19. The van der Waals surface area contributed by atoms with Gasteiger partial charge in [-0.15, -0.1) is 0 Å². The second-order valence-corrected chi connectivity index (χ2v) is 3.97. The van der Waals surface area contributed by atoms with Crippen LogP contribution in [0.15, 0.2) is 18.2 Å². The highest BCUT2D eigenvalue weighted by molar-refractivity contribution is 5.82. The Balaban J connectivity index is 2.54. The Morgan fingerprint density at radius 1 is 1.30 bits per heavy atom. The van der Waals surface area contributed by atoms with Crippen LogP contribution in [0.25, 0.3) is 0 Å². The molecule has 0 aliphatic carbocycles. The molecule has 0 saturated heterocycles. The number of carboxylic acids is 1. The zero-order chi connectivity index (χ0) is 15.1. The van der Waals surface area contributed by atoms with Gasteiger partial charge in [-0.25, -0.2) is 18.4 Å². The number of carbonyl (C=O) groups excluding carboxylic acids is 1. The van der Waals surface area contributed by atoms with Gasteiger partial charge in [-0.1, -0.05) is 0 Å². The summed E-state index contributed by atoms with van der Waals surface area (Å²) in [6.45, 7) is -0.698. The van der Waals surface area contributed by atoms with E-state index >= 15 is 0 Å². The van der Waals surface area contributed by atoms with Crippen molar-refractivity contribution in [3.8, 4) is 0 Å². The van der Waals surface area contributed by atoms with Crippen LogP contribution in [0, 0.1) is 11.6 Å². The SMILES string of the molecule is O=C(NCc1cc(F)ccc1F)NC(CCO)C(=O)O. The molecule has 0 bridgehead atoms. The number of halogens is 2. The van der Waals surface area contributed by atoms with Gasteiger partial charge < -0.3 is 20.8 Å². The third-order valence-corrected chi connectivity index (χ3v) is 2.47. The lowest BCUT2D eigenvalue weighted by atomic mass is 10.2. The van der Waals surface area contributed by atoms with E-state index in [1.807, 2.05) is 0 Å². The lowest BCUT2D eigenvalue weighted by molar-refractivity contribution is -0.139. The molecular formula is C12H14F2N2O4. The van der Waals surface area contributed by atoms with E-state index in [0.29, 0.717) is 0 Å². The van der Waals surface area contributed by atoms with Crippen LogP contribution in [-0.4, -0.2) is 34.9 Å². The number of hydrogen-bond acceptors (Lipinski definition) is 3. The third-order valence-electron chi connectivity index (χ3n) is 2.47. The lowest BCUT2D eigenvalue weighted by Gasteiger charge is -2.14. The summed E-state index contributed by atoms with van der Waals surface area (Å²) in [5.74, 6) is -2.63. The van der Waals surface area contributed by atoms with Crippen LogP contribution in [0.3, 0.4) is 0 Å². The maximum absolute atomic E-state index is 13.3. The quantitative estimate of drug-likeness (QED) is 0.616. The van der Waals surface area contributed by atoms with Crippen molar-refractivity contribution in [1.29, 1.82) is 0 Å². The maximum atomic E-state index is 13.3. The van der Waals surface area contributed by atoms with Crippen LogP contribution in [0.4, 0.5) is 13.6 Å². The minimum atomic E-state index is -1.30. The molecular weight excluding hydrogens is 274 g/mol.